The highest BCUT2D eigenvalue weighted by Crippen LogP contribution is 2.27. The quantitative estimate of drug-likeness (QED) is 0.668. The molecule has 0 saturated carbocycles. The fourth-order valence-corrected chi connectivity index (χ4v) is 5.87. The van der Waals surface area contributed by atoms with Crippen LogP contribution in [-0.2, 0) is 10.0 Å². The monoisotopic (exact) mass is 474 g/mol. The van der Waals surface area contributed by atoms with Gasteiger partial charge >= 0.3 is 0 Å². The number of amides is 1. The molecule has 3 heterocycles. The number of nitrogens with two attached hydrogens (primary N) is 1. The number of aromatic nitrogens is 2. The highest BCUT2D eigenvalue weighted by molar-refractivity contribution is 7.89. The van der Waals surface area contributed by atoms with Crippen LogP contribution in [-0.4, -0.2) is 74.7 Å². The van der Waals surface area contributed by atoms with Crippen LogP contribution in [0.4, 0.5) is 11.6 Å². The van der Waals surface area contributed by atoms with E-state index in [0.29, 0.717) is 32.2 Å². The minimum Gasteiger partial charge on any atom is -0.496 e. The number of ether oxygens (including phenoxy) is 1. The van der Waals surface area contributed by atoms with Crippen LogP contribution in [0.2, 0.25) is 0 Å². The molecule has 2 aliphatic rings. The summed E-state index contributed by atoms with van der Waals surface area (Å²) < 4.78 is 32.8. The summed E-state index contributed by atoms with van der Waals surface area (Å²) >= 11 is 0. The van der Waals surface area contributed by atoms with Crippen molar-refractivity contribution in [3.63, 3.8) is 0 Å². The molecule has 0 aliphatic carbocycles. The van der Waals surface area contributed by atoms with Gasteiger partial charge in [-0.05, 0) is 56.5 Å². The van der Waals surface area contributed by atoms with Crippen LogP contribution in [0.1, 0.15) is 36.5 Å². The number of rotatable bonds is 6. The summed E-state index contributed by atoms with van der Waals surface area (Å²) in [4.78, 5) is 16.0. The second kappa shape index (κ2) is 9.52. The Hall–Kier alpha value is -2.92. The number of anilines is 2. The third-order valence-electron chi connectivity index (χ3n) is 6.37. The number of sulfonamides is 1. The maximum atomic E-state index is 13.1. The van der Waals surface area contributed by atoms with Crippen LogP contribution in [0.25, 0.3) is 0 Å². The van der Waals surface area contributed by atoms with Gasteiger partial charge in [-0.25, -0.2) is 8.42 Å². The molecule has 4 rings (SSSR count). The first-order valence-corrected chi connectivity index (χ1v) is 12.6. The maximum Gasteiger partial charge on any atom is 0.252 e. The lowest BCUT2D eigenvalue weighted by atomic mass is 10.0. The van der Waals surface area contributed by atoms with E-state index >= 15 is 0 Å². The molecule has 33 heavy (non-hydrogen) atoms. The molecular formula is C22H30N6O4S. The van der Waals surface area contributed by atoms with Crippen molar-refractivity contribution in [2.75, 3.05) is 49.6 Å². The summed E-state index contributed by atoms with van der Waals surface area (Å²) in [5.41, 5.74) is 5.42. The van der Waals surface area contributed by atoms with E-state index < -0.39 is 15.9 Å². The zero-order valence-corrected chi connectivity index (χ0v) is 19.8. The molecule has 1 unspecified atom stereocenters. The number of hydrogen-bond acceptors (Lipinski definition) is 8. The molecule has 178 valence electrons. The number of nitrogens with zero attached hydrogens (tertiary/aromatic N) is 5. The predicted octanol–water partition coefficient (Wildman–Crippen LogP) is 1.47. The first-order chi connectivity index (χ1) is 15.8. The van der Waals surface area contributed by atoms with Crippen LogP contribution in [0.3, 0.4) is 0 Å². The van der Waals surface area contributed by atoms with Crippen molar-refractivity contribution in [3.05, 3.63) is 35.9 Å². The van der Waals surface area contributed by atoms with E-state index in [0.717, 1.165) is 24.6 Å². The average Bonchev–Trinajstić information content (AvgIpc) is 2.84. The third kappa shape index (κ3) is 4.74. The van der Waals surface area contributed by atoms with Gasteiger partial charge in [-0.2, -0.15) is 4.31 Å². The van der Waals surface area contributed by atoms with Crippen molar-refractivity contribution in [2.45, 2.75) is 37.1 Å². The summed E-state index contributed by atoms with van der Waals surface area (Å²) in [7, 11) is -2.37. The van der Waals surface area contributed by atoms with Crippen molar-refractivity contribution in [2.24, 2.45) is 5.73 Å². The smallest absolute Gasteiger partial charge is 0.252 e. The van der Waals surface area contributed by atoms with Crippen LogP contribution in [0.5, 0.6) is 5.75 Å². The Labute approximate surface area is 194 Å². The fourth-order valence-electron chi connectivity index (χ4n) is 4.43. The Balaban J connectivity index is 1.43. The second-order valence-electron chi connectivity index (χ2n) is 8.41. The molecule has 2 aliphatic heterocycles. The van der Waals surface area contributed by atoms with Crippen molar-refractivity contribution in [1.82, 2.24) is 14.5 Å². The van der Waals surface area contributed by atoms with Crippen molar-refractivity contribution in [3.8, 4) is 5.75 Å². The van der Waals surface area contributed by atoms with Gasteiger partial charge in [0.2, 0.25) is 10.0 Å². The molecule has 2 fully saturated rings. The molecule has 11 heteroatoms. The van der Waals surface area contributed by atoms with Crippen LogP contribution in [0.15, 0.2) is 35.2 Å². The fraction of sp³-hybridized carbons (Fsp3) is 0.500. The van der Waals surface area contributed by atoms with E-state index in [1.165, 1.54) is 42.5 Å². The Morgan fingerprint density at radius 1 is 1.03 bits per heavy atom. The molecule has 2 N–H and O–H groups in total. The molecule has 2 saturated heterocycles. The SMILES string of the molecule is COc1ccc(S(=O)(=O)N2CCN(c3ccc(N4CCCCC4C)nn3)CC2)cc1C(N)=O. The Morgan fingerprint density at radius 2 is 1.73 bits per heavy atom. The first kappa shape index (κ1) is 23.2. The van der Waals surface area contributed by atoms with E-state index in [1.807, 2.05) is 17.0 Å². The van der Waals surface area contributed by atoms with Gasteiger partial charge in [-0.3, -0.25) is 4.79 Å². The number of hydrogen-bond donors (Lipinski definition) is 1. The summed E-state index contributed by atoms with van der Waals surface area (Å²) in [6, 6.07) is 8.56. The normalized spacial score (nSPS) is 20.0. The third-order valence-corrected chi connectivity index (χ3v) is 8.27. The molecule has 0 bridgehead atoms. The molecule has 2 aromatic rings. The molecule has 1 amide bonds. The number of piperazine rings is 1. The summed E-state index contributed by atoms with van der Waals surface area (Å²) in [6.45, 7) is 4.79. The van der Waals surface area contributed by atoms with E-state index in [9.17, 15) is 13.2 Å². The molecule has 0 radical (unpaired) electrons. The van der Waals surface area contributed by atoms with Gasteiger partial charge in [0.1, 0.15) is 5.75 Å². The van der Waals surface area contributed by atoms with Crippen LogP contribution in [0, 0.1) is 0 Å². The molecule has 1 aromatic carbocycles. The standard InChI is InChI=1S/C22H30N6O4S/c1-16-5-3-4-10-28(16)21-9-8-20(24-25-21)26-11-13-27(14-12-26)33(30,31)17-6-7-19(32-2)18(15-17)22(23)29/h6-9,15-16H,3-5,10-14H2,1-2H3,(H2,23,29). The summed E-state index contributed by atoms with van der Waals surface area (Å²) in [6.07, 6.45) is 3.57. The minimum atomic E-state index is -3.78. The number of methoxy groups -OCH3 is 1. The van der Waals surface area contributed by atoms with Gasteiger partial charge in [0.25, 0.3) is 5.91 Å². The Morgan fingerprint density at radius 3 is 2.33 bits per heavy atom. The van der Waals surface area contributed by atoms with E-state index in [-0.39, 0.29) is 16.2 Å². The number of primary amides is 1. The Kier molecular flexibility index (Phi) is 6.71. The predicted molar refractivity (Wildman–Crippen MR) is 125 cm³/mol. The molecule has 0 spiro atoms. The van der Waals surface area contributed by atoms with E-state index in [1.54, 1.807) is 0 Å². The van der Waals surface area contributed by atoms with Crippen molar-refractivity contribution in [1.29, 1.82) is 0 Å². The second-order valence-corrected chi connectivity index (χ2v) is 10.3. The summed E-state index contributed by atoms with van der Waals surface area (Å²) in [5, 5.41) is 8.84. The lowest BCUT2D eigenvalue weighted by Gasteiger charge is -2.35. The highest BCUT2D eigenvalue weighted by atomic mass is 32.2. The lowest BCUT2D eigenvalue weighted by Crippen LogP contribution is -2.49. The number of carbonyl (C=O) groups is 1. The summed E-state index contributed by atoms with van der Waals surface area (Å²) in [5.74, 6) is 1.12. The molecule has 1 atom stereocenters. The zero-order valence-electron chi connectivity index (χ0n) is 19.0. The molecule has 1 aromatic heterocycles. The largest absolute Gasteiger partial charge is 0.496 e. The minimum absolute atomic E-state index is 0.0188. The highest BCUT2D eigenvalue weighted by Gasteiger charge is 2.30. The van der Waals surface area contributed by atoms with Gasteiger partial charge in [0.15, 0.2) is 11.6 Å². The van der Waals surface area contributed by atoms with Crippen LogP contribution >= 0.6 is 0 Å². The number of piperidine rings is 1. The van der Waals surface area contributed by atoms with Gasteiger partial charge in [-0.1, -0.05) is 0 Å². The zero-order chi connectivity index (χ0) is 23.6. The van der Waals surface area contributed by atoms with E-state index in [4.69, 9.17) is 10.5 Å². The molecule has 10 nitrogen and oxygen atoms in total. The maximum absolute atomic E-state index is 13.1. The first-order valence-electron chi connectivity index (χ1n) is 11.1. The average molecular weight is 475 g/mol. The van der Waals surface area contributed by atoms with Gasteiger partial charge in [-0.15, -0.1) is 10.2 Å². The Bertz CT molecular complexity index is 1100. The topological polar surface area (TPSA) is 122 Å². The molecular weight excluding hydrogens is 444 g/mol. The van der Waals surface area contributed by atoms with E-state index in [2.05, 4.69) is 22.0 Å². The van der Waals surface area contributed by atoms with Gasteiger partial charge in [0.05, 0.1) is 17.6 Å². The number of benzene rings is 1. The van der Waals surface area contributed by atoms with Gasteiger partial charge < -0.3 is 20.3 Å². The van der Waals surface area contributed by atoms with Crippen molar-refractivity contribution < 1.29 is 17.9 Å². The van der Waals surface area contributed by atoms with Gasteiger partial charge in [0, 0.05) is 38.8 Å². The number of carbonyl (C=O) groups excluding carboxylic acids is 1. The van der Waals surface area contributed by atoms with Crippen molar-refractivity contribution >= 4 is 27.6 Å². The lowest BCUT2D eigenvalue weighted by molar-refractivity contribution is 0.0997. The van der Waals surface area contributed by atoms with Crippen LogP contribution < -0.4 is 20.3 Å².